The van der Waals surface area contributed by atoms with Crippen molar-refractivity contribution in [2.45, 2.75) is 46.8 Å². The van der Waals surface area contributed by atoms with Crippen LogP contribution in [0.4, 0.5) is 8.78 Å². The summed E-state index contributed by atoms with van der Waals surface area (Å²) in [6.45, 7) is 8.14. The average molecular weight is 455 g/mol. The molecular weight excluding hydrogens is 426 g/mol. The van der Waals surface area contributed by atoms with Crippen molar-refractivity contribution in [3.05, 3.63) is 88.2 Å². The summed E-state index contributed by atoms with van der Waals surface area (Å²) in [5.41, 5.74) is 3.01. The van der Waals surface area contributed by atoms with Crippen molar-refractivity contribution in [1.82, 2.24) is 20.4 Å². The van der Waals surface area contributed by atoms with Gasteiger partial charge in [-0.3, -0.25) is 14.3 Å². The molecule has 0 fully saturated rings. The van der Waals surface area contributed by atoms with Crippen molar-refractivity contribution in [3.63, 3.8) is 0 Å². The Bertz CT molecular complexity index is 1120. The molecule has 0 radical (unpaired) electrons. The first-order valence-electron chi connectivity index (χ1n) is 10.8. The highest BCUT2D eigenvalue weighted by Crippen LogP contribution is 2.16. The molecule has 6 nitrogen and oxygen atoms in total. The summed E-state index contributed by atoms with van der Waals surface area (Å²) in [5.74, 6) is -3.67. The second kappa shape index (κ2) is 10.4. The fraction of sp³-hybridized carbons (Fsp3) is 0.320. The molecule has 1 heterocycles. The second-order valence-corrected chi connectivity index (χ2v) is 8.30. The predicted molar refractivity (Wildman–Crippen MR) is 122 cm³/mol. The molecule has 2 amide bonds. The number of nitrogens with one attached hydrogen (secondary N) is 2. The number of rotatable bonds is 8. The molecule has 2 aromatic carbocycles. The SMILES string of the molecule is Cc1nn(Cc2ccccc2)c(C)c1CNC(=O)[C@H](NC(=O)c1c(F)cccc1F)C(C)C. The van der Waals surface area contributed by atoms with E-state index >= 15 is 0 Å². The standard InChI is InChI=1S/C25H28F2N4O2/c1-15(2)23(29-24(32)22-20(26)11-8-12-21(22)27)25(33)28-13-19-16(3)30-31(17(19)4)14-18-9-6-5-7-10-18/h5-12,15,23H,13-14H2,1-4H3,(H,28,33)(H,29,32)/t23-/m1/s1. The van der Waals surface area contributed by atoms with Crippen molar-refractivity contribution >= 4 is 11.8 Å². The fourth-order valence-corrected chi connectivity index (χ4v) is 3.65. The van der Waals surface area contributed by atoms with Gasteiger partial charge in [0, 0.05) is 17.8 Å². The highest BCUT2D eigenvalue weighted by Gasteiger charge is 2.27. The number of benzene rings is 2. The molecule has 0 aliphatic rings. The zero-order valence-corrected chi connectivity index (χ0v) is 19.2. The second-order valence-electron chi connectivity index (χ2n) is 8.30. The van der Waals surface area contributed by atoms with Gasteiger partial charge in [-0.1, -0.05) is 50.2 Å². The van der Waals surface area contributed by atoms with Crippen molar-refractivity contribution in [2.24, 2.45) is 5.92 Å². The maximum Gasteiger partial charge on any atom is 0.257 e. The van der Waals surface area contributed by atoms with Crippen LogP contribution < -0.4 is 10.6 Å². The number of carbonyl (C=O) groups is 2. The minimum Gasteiger partial charge on any atom is -0.350 e. The molecule has 0 unspecified atom stereocenters. The van der Waals surface area contributed by atoms with Crippen LogP contribution in [0.2, 0.25) is 0 Å². The molecule has 3 rings (SSSR count). The van der Waals surface area contributed by atoms with Gasteiger partial charge >= 0.3 is 0 Å². The first-order valence-corrected chi connectivity index (χ1v) is 10.8. The van der Waals surface area contributed by atoms with Crippen LogP contribution in [-0.4, -0.2) is 27.6 Å². The molecule has 1 aromatic heterocycles. The predicted octanol–water partition coefficient (Wildman–Crippen LogP) is 3.90. The zero-order valence-electron chi connectivity index (χ0n) is 19.2. The lowest BCUT2D eigenvalue weighted by Gasteiger charge is -2.22. The average Bonchev–Trinajstić information content (AvgIpc) is 3.03. The van der Waals surface area contributed by atoms with Gasteiger partial charge in [0.25, 0.3) is 5.91 Å². The number of hydrogen-bond acceptors (Lipinski definition) is 3. The van der Waals surface area contributed by atoms with Gasteiger partial charge in [0.05, 0.1) is 12.2 Å². The Morgan fingerprint density at radius 3 is 2.24 bits per heavy atom. The highest BCUT2D eigenvalue weighted by molar-refractivity contribution is 5.98. The van der Waals surface area contributed by atoms with Crippen LogP contribution in [0.1, 0.15) is 46.7 Å². The van der Waals surface area contributed by atoms with Crippen LogP contribution in [0.3, 0.4) is 0 Å². The first-order chi connectivity index (χ1) is 15.7. The molecule has 0 aliphatic carbocycles. The van der Waals surface area contributed by atoms with Crippen LogP contribution in [0.5, 0.6) is 0 Å². The summed E-state index contributed by atoms with van der Waals surface area (Å²) in [5, 5.41) is 9.88. The summed E-state index contributed by atoms with van der Waals surface area (Å²) < 4.78 is 29.8. The van der Waals surface area contributed by atoms with Crippen molar-refractivity contribution in [1.29, 1.82) is 0 Å². The Labute approximate surface area is 192 Å². The quantitative estimate of drug-likeness (QED) is 0.542. The Hall–Kier alpha value is -3.55. The molecule has 174 valence electrons. The van der Waals surface area contributed by atoms with Crippen LogP contribution in [0.25, 0.3) is 0 Å². The molecule has 0 saturated carbocycles. The Morgan fingerprint density at radius 2 is 1.64 bits per heavy atom. The monoisotopic (exact) mass is 454 g/mol. The van der Waals surface area contributed by atoms with E-state index in [-0.39, 0.29) is 12.5 Å². The number of amides is 2. The molecule has 0 bridgehead atoms. The largest absolute Gasteiger partial charge is 0.350 e. The van der Waals surface area contributed by atoms with Crippen LogP contribution in [-0.2, 0) is 17.9 Å². The zero-order chi connectivity index (χ0) is 24.1. The van der Waals surface area contributed by atoms with E-state index in [9.17, 15) is 18.4 Å². The van der Waals surface area contributed by atoms with E-state index in [0.29, 0.717) is 6.54 Å². The summed E-state index contributed by atoms with van der Waals surface area (Å²) in [7, 11) is 0. The molecule has 2 N–H and O–H groups in total. The van der Waals surface area contributed by atoms with Gasteiger partial charge in [0.1, 0.15) is 23.2 Å². The molecule has 0 saturated heterocycles. The number of hydrogen-bond donors (Lipinski definition) is 2. The molecular formula is C25H28F2N4O2. The van der Waals surface area contributed by atoms with Gasteiger partial charge in [0.2, 0.25) is 5.91 Å². The number of halogens is 2. The molecule has 8 heteroatoms. The van der Waals surface area contributed by atoms with Gasteiger partial charge in [-0.05, 0) is 37.5 Å². The molecule has 0 spiro atoms. The highest BCUT2D eigenvalue weighted by atomic mass is 19.1. The smallest absolute Gasteiger partial charge is 0.257 e. The molecule has 33 heavy (non-hydrogen) atoms. The summed E-state index contributed by atoms with van der Waals surface area (Å²) in [6, 6.07) is 12.1. The van der Waals surface area contributed by atoms with Gasteiger partial charge in [-0.15, -0.1) is 0 Å². The van der Waals surface area contributed by atoms with E-state index in [0.717, 1.165) is 34.6 Å². The molecule has 1 atom stereocenters. The Kier molecular flexibility index (Phi) is 7.58. The maximum absolute atomic E-state index is 14.0. The minimum atomic E-state index is -0.979. The van der Waals surface area contributed by atoms with E-state index in [1.165, 1.54) is 6.07 Å². The number of nitrogens with zero attached hydrogens (tertiary/aromatic N) is 2. The van der Waals surface area contributed by atoms with Crippen LogP contribution in [0, 0.1) is 31.4 Å². The molecule has 0 aliphatic heterocycles. The minimum absolute atomic E-state index is 0.221. The lowest BCUT2D eigenvalue weighted by Crippen LogP contribution is -2.49. The third-order valence-corrected chi connectivity index (χ3v) is 5.57. The van der Waals surface area contributed by atoms with E-state index in [4.69, 9.17) is 0 Å². The van der Waals surface area contributed by atoms with E-state index < -0.39 is 35.1 Å². The Balaban J connectivity index is 1.70. The fourth-order valence-electron chi connectivity index (χ4n) is 3.65. The normalized spacial score (nSPS) is 12.0. The van der Waals surface area contributed by atoms with Crippen LogP contribution >= 0.6 is 0 Å². The maximum atomic E-state index is 14.0. The van der Waals surface area contributed by atoms with Gasteiger partial charge in [0.15, 0.2) is 0 Å². The van der Waals surface area contributed by atoms with Crippen molar-refractivity contribution in [3.8, 4) is 0 Å². The Morgan fingerprint density at radius 1 is 1.00 bits per heavy atom. The van der Waals surface area contributed by atoms with Crippen molar-refractivity contribution in [2.75, 3.05) is 0 Å². The lowest BCUT2D eigenvalue weighted by atomic mass is 10.0. The molecule has 3 aromatic rings. The van der Waals surface area contributed by atoms with Crippen molar-refractivity contribution < 1.29 is 18.4 Å². The third-order valence-electron chi connectivity index (χ3n) is 5.57. The summed E-state index contributed by atoms with van der Waals surface area (Å²) in [4.78, 5) is 25.4. The van der Waals surface area contributed by atoms with Gasteiger partial charge in [-0.25, -0.2) is 8.78 Å². The number of carbonyl (C=O) groups excluding carboxylic acids is 2. The summed E-state index contributed by atoms with van der Waals surface area (Å²) in [6.07, 6.45) is 0. The lowest BCUT2D eigenvalue weighted by molar-refractivity contribution is -0.124. The first kappa shape index (κ1) is 24.1. The number of aryl methyl sites for hydroxylation is 1. The van der Waals surface area contributed by atoms with E-state index in [2.05, 4.69) is 15.7 Å². The van der Waals surface area contributed by atoms with E-state index in [1.807, 2.05) is 48.9 Å². The third kappa shape index (κ3) is 5.63. The number of aromatic nitrogens is 2. The van der Waals surface area contributed by atoms with E-state index in [1.54, 1.807) is 13.8 Å². The summed E-state index contributed by atoms with van der Waals surface area (Å²) >= 11 is 0. The van der Waals surface area contributed by atoms with Gasteiger partial charge < -0.3 is 10.6 Å². The topological polar surface area (TPSA) is 76.0 Å². The van der Waals surface area contributed by atoms with Gasteiger partial charge in [-0.2, -0.15) is 5.10 Å². The van der Waals surface area contributed by atoms with Crippen LogP contribution in [0.15, 0.2) is 48.5 Å².